The summed E-state index contributed by atoms with van der Waals surface area (Å²) in [4.78, 5) is 2.43. The number of benzene rings is 2. The second-order valence-electron chi connectivity index (χ2n) is 6.57. The molecular weight excluding hydrogens is 369 g/mol. The smallest absolute Gasteiger partial charge is 0.161 e. The fourth-order valence-electron chi connectivity index (χ4n) is 3.12. The molecule has 1 aliphatic heterocycles. The Balaban J connectivity index is 1.59. The number of methoxy groups -OCH3 is 1. The van der Waals surface area contributed by atoms with Crippen LogP contribution >= 0.6 is 11.6 Å². The quantitative estimate of drug-likeness (QED) is 0.668. The Morgan fingerprint density at radius 3 is 2.67 bits per heavy atom. The van der Waals surface area contributed by atoms with Crippen LogP contribution in [0, 0.1) is 5.82 Å². The molecule has 27 heavy (non-hydrogen) atoms. The molecule has 2 aromatic rings. The summed E-state index contributed by atoms with van der Waals surface area (Å²) in [7, 11) is 1.62. The summed E-state index contributed by atoms with van der Waals surface area (Å²) in [5.74, 6) is 0.982. The molecule has 146 valence electrons. The number of aryl methyl sites for hydroxylation is 1. The molecule has 0 aliphatic carbocycles. The van der Waals surface area contributed by atoms with Crippen LogP contribution < -0.4 is 9.47 Å². The van der Waals surface area contributed by atoms with Gasteiger partial charge in [0.25, 0.3) is 0 Å². The van der Waals surface area contributed by atoms with Gasteiger partial charge in [0.15, 0.2) is 11.5 Å². The topological polar surface area (TPSA) is 30.9 Å². The van der Waals surface area contributed by atoms with Gasteiger partial charge >= 0.3 is 0 Å². The van der Waals surface area contributed by atoms with Crippen LogP contribution in [0.5, 0.6) is 11.5 Å². The van der Waals surface area contributed by atoms with E-state index in [1.54, 1.807) is 13.2 Å². The summed E-state index contributed by atoms with van der Waals surface area (Å²) >= 11 is 6.08. The fourth-order valence-corrected chi connectivity index (χ4v) is 3.34. The molecule has 0 amide bonds. The molecule has 4 nitrogen and oxygen atoms in total. The standard InChI is InChI=1S/C21H25ClFNO3/c1-25-20-7-4-16(3-2-8-24-9-11-26-12-10-24)13-21(20)27-15-17-5-6-18(23)14-19(17)22/h4-7,13-14H,2-3,8-12,15H2,1H3. The zero-order valence-corrected chi connectivity index (χ0v) is 16.3. The monoisotopic (exact) mass is 393 g/mol. The average Bonchev–Trinajstić information content (AvgIpc) is 2.68. The summed E-state index contributed by atoms with van der Waals surface area (Å²) in [6, 6.07) is 10.3. The van der Waals surface area contributed by atoms with Crippen molar-refractivity contribution in [2.75, 3.05) is 40.0 Å². The number of hydrogen-bond donors (Lipinski definition) is 0. The minimum absolute atomic E-state index is 0.257. The molecule has 0 saturated carbocycles. The van der Waals surface area contributed by atoms with E-state index in [2.05, 4.69) is 11.0 Å². The van der Waals surface area contributed by atoms with Crippen LogP contribution in [0.15, 0.2) is 36.4 Å². The molecule has 1 saturated heterocycles. The lowest BCUT2D eigenvalue weighted by Gasteiger charge is -2.26. The van der Waals surface area contributed by atoms with Gasteiger partial charge in [0.1, 0.15) is 12.4 Å². The molecule has 1 heterocycles. The molecule has 1 fully saturated rings. The van der Waals surface area contributed by atoms with E-state index in [-0.39, 0.29) is 12.4 Å². The first-order chi connectivity index (χ1) is 13.2. The van der Waals surface area contributed by atoms with Crippen LogP contribution in [0.3, 0.4) is 0 Å². The van der Waals surface area contributed by atoms with Crippen molar-refractivity contribution >= 4 is 11.6 Å². The van der Waals surface area contributed by atoms with Gasteiger partial charge in [-0.3, -0.25) is 4.90 Å². The van der Waals surface area contributed by atoms with Crippen LogP contribution in [0.1, 0.15) is 17.5 Å². The molecule has 0 unspecified atom stereocenters. The molecule has 2 aromatic carbocycles. The Morgan fingerprint density at radius 1 is 1.11 bits per heavy atom. The molecule has 0 atom stereocenters. The Labute approximate surface area is 164 Å². The summed E-state index contributed by atoms with van der Waals surface area (Å²) in [5, 5.41) is 0.357. The molecule has 0 aromatic heterocycles. The van der Waals surface area contributed by atoms with Crippen LogP contribution in [0.25, 0.3) is 0 Å². The second kappa shape index (κ2) is 9.93. The van der Waals surface area contributed by atoms with Crippen molar-refractivity contribution in [1.29, 1.82) is 0 Å². The van der Waals surface area contributed by atoms with Gasteiger partial charge in [-0.1, -0.05) is 23.7 Å². The van der Waals surface area contributed by atoms with Crippen molar-refractivity contribution in [1.82, 2.24) is 4.90 Å². The van der Waals surface area contributed by atoms with E-state index in [0.29, 0.717) is 16.5 Å². The first kappa shape index (κ1) is 19.9. The van der Waals surface area contributed by atoms with Crippen molar-refractivity contribution in [3.05, 3.63) is 58.4 Å². The van der Waals surface area contributed by atoms with Crippen LogP contribution in [-0.4, -0.2) is 44.9 Å². The molecule has 1 aliphatic rings. The van der Waals surface area contributed by atoms with Gasteiger partial charge in [-0.2, -0.15) is 0 Å². The lowest BCUT2D eigenvalue weighted by molar-refractivity contribution is 0.0374. The fraction of sp³-hybridized carbons (Fsp3) is 0.429. The van der Waals surface area contributed by atoms with Crippen molar-refractivity contribution < 1.29 is 18.6 Å². The summed E-state index contributed by atoms with van der Waals surface area (Å²) in [6.07, 6.45) is 2.05. The maximum absolute atomic E-state index is 13.2. The number of ether oxygens (including phenoxy) is 3. The number of hydrogen-bond acceptors (Lipinski definition) is 4. The molecule has 6 heteroatoms. The third-order valence-electron chi connectivity index (χ3n) is 4.67. The van der Waals surface area contributed by atoms with Gasteiger partial charge in [0.2, 0.25) is 0 Å². The van der Waals surface area contributed by atoms with E-state index < -0.39 is 0 Å². The van der Waals surface area contributed by atoms with E-state index in [9.17, 15) is 4.39 Å². The van der Waals surface area contributed by atoms with Crippen LogP contribution in [-0.2, 0) is 17.8 Å². The highest BCUT2D eigenvalue weighted by Gasteiger charge is 2.11. The summed E-state index contributed by atoms with van der Waals surface area (Å²) in [6.45, 7) is 4.99. The maximum atomic E-state index is 13.2. The first-order valence-electron chi connectivity index (χ1n) is 9.19. The Kier molecular flexibility index (Phi) is 7.33. The lowest BCUT2D eigenvalue weighted by atomic mass is 10.1. The van der Waals surface area contributed by atoms with Crippen LogP contribution in [0.4, 0.5) is 4.39 Å². The summed E-state index contributed by atoms with van der Waals surface area (Å²) in [5.41, 5.74) is 1.93. The number of morpholine rings is 1. The van der Waals surface area contributed by atoms with Crippen molar-refractivity contribution in [3.8, 4) is 11.5 Å². The zero-order chi connectivity index (χ0) is 19.1. The van der Waals surface area contributed by atoms with Crippen molar-refractivity contribution in [2.24, 2.45) is 0 Å². The minimum Gasteiger partial charge on any atom is -0.493 e. The van der Waals surface area contributed by atoms with Crippen molar-refractivity contribution in [3.63, 3.8) is 0 Å². The van der Waals surface area contributed by atoms with E-state index in [1.807, 2.05) is 12.1 Å². The molecule has 3 rings (SSSR count). The SMILES string of the molecule is COc1ccc(CCCN2CCOCC2)cc1OCc1ccc(F)cc1Cl. The van der Waals surface area contributed by atoms with Gasteiger partial charge < -0.3 is 14.2 Å². The van der Waals surface area contributed by atoms with Gasteiger partial charge in [0.05, 0.1) is 25.3 Å². The predicted molar refractivity (Wildman–Crippen MR) is 104 cm³/mol. The first-order valence-corrected chi connectivity index (χ1v) is 9.57. The number of rotatable bonds is 8. The molecular formula is C21H25ClFNO3. The Morgan fingerprint density at radius 2 is 1.93 bits per heavy atom. The van der Waals surface area contributed by atoms with Crippen LogP contribution in [0.2, 0.25) is 5.02 Å². The highest BCUT2D eigenvalue weighted by atomic mass is 35.5. The zero-order valence-electron chi connectivity index (χ0n) is 15.5. The number of halogens is 2. The lowest BCUT2D eigenvalue weighted by Crippen LogP contribution is -2.36. The van der Waals surface area contributed by atoms with Gasteiger partial charge in [-0.05, 0) is 49.2 Å². The summed E-state index contributed by atoms with van der Waals surface area (Å²) < 4.78 is 29.9. The van der Waals surface area contributed by atoms with Gasteiger partial charge in [-0.25, -0.2) is 4.39 Å². The largest absolute Gasteiger partial charge is 0.493 e. The normalized spacial score (nSPS) is 14.9. The van der Waals surface area contributed by atoms with E-state index in [1.165, 1.54) is 17.7 Å². The third kappa shape index (κ3) is 5.83. The second-order valence-corrected chi connectivity index (χ2v) is 6.97. The molecule has 0 radical (unpaired) electrons. The van der Waals surface area contributed by atoms with E-state index in [4.69, 9.17) is 25.8 Å². The molecule has 0 N–H and O–H groups in total. The molecule has 0 spiro atoms. The van der Waals surface area contributed by atoms with Gasteiger partial charge in [-0.15, -0.1) is 0 Å². The van der Waals surface area contributed by atoms with Gasteiger partial charge in [0, 0.05) is 18.7 Å². The minimum atomic E-state index is -0.358. The number of nitrogens with zero attached hydrogens (tertiary/aromatic N) is 1. The van der Waals surface area contributed by atoms with E-state index in [0.717, 1.165) is 51.3 Å². The maximum Gasteiger partial charge on any atom is 0.161 e. The highest BCUT2D eigenvalue weighted by Crippen LogP contribution is 2.30. The Bertz CT molecular complexity index is 750. The average molecular weight is 394 g/mol. The molecule has 0 bridgehead atoms. The Hall–Kier alpha value is -1.82. The predicted octanol–water partition coefficient (Wildman–Crippen LogP) is 4.33. The highest BCUT2D eigenvalue weighted by molar-refractivity contribution is 6.31. The van der Waals surface area contributed by atoms with Crippen molar-refractivity contribution in [2.45, 2.75) is 19.4 Å². The third-order valence-corrected chi connectivity index (χ3v) is 5.02. The van der Waals surface area contributed by atoms with E-state index >= 15 is 0 Å².